The van der Waals surface area contributed by atoms with Gasteiger partial charge in [0.1, 0.15) is 11.7 Å². The van der Waals surface area contributed by atoms with Crippen molar-refractivity contribution in [2.45, 2.75) is 6.04 Å². The fraction of sp³-hybridized carbons (Fsp3) is 0.105. The Kier molecular flexibility index (Phi) is 4.61. The first kappa shape index (κ1) is 16.4. The molecule has 0 spiro atoms. The van der Waals surface area contributed by atoms with Crippen molar-refractivity contribution in [3.63, 3.8) is 0 Å². The van der Waals surface area contributed by atoms with E-state index in [1.807, 2.05) is 30.3 Å². The van der Waals surface area contributed by atoms with E-state index in [1.165, 1.54) is 7.11 Å². The number of aromatic nitrogens is 1. The number of rotatable bonds is 5. The Hall–Kier alpha value is -3.41. The summed E-state index contributed by atoms with van der Waals surface area (Å²) in [6.07, 6.45) is 0. The minimum atomic E-state index is -0.937. The summed E-state index contributed by atoms with van der Waals surface area (Å²) in [5, 5.41) is 4.25. The van der Waals surface area contributed by atoms with E-state index < -0.39 is 17.9 Å². The zero-order valence-corrected chi connectivity index (χ0v) is 13.6. The third-order valence-electron chi connectivity index (χ3n) is 3.82. The Morgan fingerprint density at radius 1 is 1.08 bits per heavy atom. The minimum absolute atomic E-state index is 0.151. The Labute approximate surface area is 144 Å². The molecule has 126 valence electrons. The van der Waals surface area contributed by atoms with Gasteiger partial charge in [0.25, 0.3) is 5.91 Å². The summed E-state index contributed by atoms with van der Waals surface area (Å²) >= 11 is 0. The van der Waals surface area contributed by atoms with Crippen LogP contribution in [-0.2, 0) is 4.79 Å². The average molecular weight is 335 g/mol. The molecule has 1 heterocycles. The zero-order chi connectivity index (χ0) is 17.8. The largest absolute Gasteiger partial charge is 0.481 e. The highest BCUT2D eigenvalue weighted by Crippen LogP contribution is 2.24. The van der Waals surface area contributed by atoms with Crippen molar-refractivity contribution < 1.29 is 14.3 Å². The van der Waals surface area contributed by atoms with Gasteiger partial charge in [-0.25, -0.2) is 4.98 Å². The Morgan fingerprint density at radius 2 is 1.76 bits per heavy atom. The van der Waals surface area contributed by atoms with Crippen molar-refractivity contribution in [3.05, 3.63) is 71.9 Å². The second kappa shape index (κ2) is 7.00. The molecule has 0 aliphatic heterocycles. The van der Waals surface area contributed by atoms with E-state index in [-0.39, 0.29) is 5.69 Å². The van der Waals surface area contributed by atoms with Crippen LogP contribution < -0.4 is 15.8 Å². The van der Waals surface area contributed by atoms with Crippen molar-refractivity contribution in [3.8, 4) is 5.88 Å². The van der Waals surface area contributed by atoms with E-state index >= 15 is 0 Å². The van der Waals surface area contributed by atoms with Crippen LogP contribution in [0.25, 0.3) is 10.8 Å². The third kappa shape index (κ3) is 3.42. The number of benzene rings is 2. The second-order valence-electron chi connectivity index (χ2n) is 5.46. The van der Waals surface area contributed by atoms with Gasteiger partial charge in [0.2, 0.25) is 11.8 Å². The number of nitrogens with zero attached hydrogens (tertiary/aromatic N) is 1. The van der Waals surface area contributed by atoms with Gasteiger partial charge >= 0.3 is 0 Å². The molecule has 6 heteroatoms. The number of carbonyl (C=O) groups is 2. The second-order valence-corrected chi connectivity index (χ2v) is 5.46. The third-order valence-corrected chi connectivity index (χ3v) is 3.82. The van der Waals surface area contributed by atoms with Gasteiger partial charge in [0.15, 0.2) is 0 Å². The van der Waals surface area contributed by atoms with E-state index in [2.05, 4.69) is 10.3 Å². The summed E-state index contributed by atoms with van der Waals surface area (Å²) in [6.45, 7) is 0. The van der Waals surface area contributed by atoms with Crippen molar-refractivity contribution in [2.75, 3.05) is 7.11 Å². The molecule has 0 aliphatic rings. The van der Waals surface area contributed by atoms with Gasteiger partial charge in [0.05, 0.1) is 7.11 Å². The molecule has 2 amide bonds. The number of methoxy groups -OCH3 is 1. The van der Waals surface area contributed by atoms with Gasteiger partial charge < -0.3 is 15.8 Å². The fourth-order valence-electron chi connectivity index (χ4n) is 2.61. The number of fused-ring (bicyclic) bond motifs is 1. The number of hydrogen-bond acceptors (Lipinski definition) is 4. The highest BCUT2D eigenvalue weighted by molar-refractivity contribution is 6.00. The standard InChI is InChI=1S/C19H17N3O3/c1-25-19-14-10-6-5-9-13(14)11-15(21-19)18(24)22-16(17(20)23)12-7-3-2-4-8-12/h2-11,16H,1H3,(H2,20,23)(H,22,24)/t16-/m1/s1. The lowest BCUT2D eigenvalue weighted by atomic mass is 10.1. The molecule has 6 nitrogen and oxygen atoms in total. The summed E-state index contributed by atoms with van der Waals surface area (Å²) in [6, 6.07) is 17.0. The van der Waals surface area contributed by atoms with Crippen molar-refractivity contribution in [1.29, 1.82) is 0 Å². The Balaban J connectivity index is 1.95. The molecule has 25 heavy (non-hydrogen) atoms. The molecule has 0 unspecified atom stereocenters. The number of primary amides is 1. The minimum Gasteiger partial charge on any atom is -0.481 e. The number of nitrogens with two attached hydrogens (primary N) is 1. The number of nitrogens with one attached hydrogen (secondary N) is 1. The molecule has 0 fully saturated rings. The molecule has 3 N–H and O–H groups in total. The molecular formula is C19H17N3O3. The zero-order valence-electron chi connectivity index (χ0n) is 13.6. The number of carbonyl (C=O) groups excluding carboxylic acids is 2. The van der Waals surface area contributed by atoms with E-state index in [1.54, 1.807) is 30.3 Å². The Morgan fingerprint density at radius 3 is 2.44 bits per heavy atom. The van der Waals surface area contributed by atoms with Crippen LogP contribution in [0.3, 0.4) is 0 Å². The van der Waals surface area contributed by atoms with Crippen LogP contribution in [0.2, 0.25) is 0 Å². The molecule has 2 aromatic carbocycles. The number of amides is 2. The summed E-state index contributed by atoms with van der Waals surface area (Å²) in [4.78, 5) is 28.6. The molecule has 3 aromatic rings. The summed E-state index contributed by atoms with van der Waals surface area (Å²) in [7, 11) is 1.49. The smallest absolute Gasteiger partial charge is 0.270 e. The summed E-state index contributed by atoms with van der Waals surface area (Å²) in [5.74, 6) is -0.803. The van der Waals surface area contributed by atoms with Crippen molar-refractivity contribution >= 4 is 22.6 Å². The molecule has 3 rings (SSSR count). The van der Waals surface area contributed by atoms with Gasteiger partial charge in [-0.3, -0.25) is 9.59 Å². The first-order chi connectivity index (χ1) is 12.1. The average Bonchev–Trinajstić information content (AvgIpc) is 2.65. The molecule has 1 atom stereocenters. The van der Waals surface area contributed by atoms with Crippen LogP contribution in [0.1, 0.15) is 22.1 Å². The highest BCUT2D eigenvalue weighted by atomic mass is 16.5. The van der Waals surface area contributed by atoms with Gasteiger partial charge in [-0.2, -0.15) is 0 Å². The molecule has 0 aliphatic carbocycles. The van der Waals surface area contributed by atoms with E-state index in [4.69, 9.17) is 10.5 Å². The lowest BCUT2D eigenvalue weighted by molar-refractivity contribution is -0.120. The number of hydrogen-bond donors (Lipinski definition) is 2. The monoisotopic (exact) mass is 335 g/mol. The van der Waals surface area contributed by atoms with Gasteiger partial charge in [-0.1, -0.05) is 48.5 Å². The molecule has 0 saturated heterocycles. The van der Waals surface area contributed by atoms with Crippen LogP contribution in [0.15, 0.2) is 60.7 Å². The lowest BCUT2D eigenvalue weighted by Crippen LogP contribution is -2.37. The van der Waals surface area contributed by atoms with E-state index in [9.17, 15) is 9.59 Å². The number of ether oxygens (including phenoxy) is 1. The van der Waals surface area contributed by atoms with Crippen LogP contribution in [0.4, 0.5) is 0 Å². The molecule has 0 radical (unpaired) electrons. The predicted octanol–water partition coefficient (Wildman–Crippen LogP) is 2.20. The fourth-order valence-corrected chi connectivity index (χ4v) is 2.61. The number of pyridine rings is 1. The van der Waals surface area contributed by atoms with E-state index in [0.717, 1.165) is 10.8 Å². The van der Waals surface area contributed by atoms with Gasteiger partial charge in [-0.15, -0.1) is 0 Å². The first-order valence-electron chi connectivity index (χ1n) is 7.69. The van der Waals surface area contributed by atoms with Gasteiger partial charge in [0, 0.05) is 5.39 Å². The predicted molar refractivity (Wildman–Crippen MR) is 94.1 cm³/mol. The first-order valence-corrected chi connectivity index (χ1v) is 7.69. The maximum atomic E-state index is 12.6. The van der Waals surface area contributed by atoms with Crippen molar-refractivity contribution in [1.82, 2.24) is 10.3 Å². The molecular weight excluding hydrogens is 318 g/mol. The maximum absolute atomic E-state index is 12.6. The molecule has 0 bridgehead atoms. The highest BCUT2D eigenvalue weighted by Gasteiger charge is 2.22. The van der Waals surface area contributed by atoms with Crippen LogP contribution >= 0.6 is 0 Å². The molecule has 1 aromatic heterocycles. The van der Waals surface area contributed by atoms with Gasteiger partial charge in [-0.05, 0) is 23.1 Å². The van der Waals surface area contributed by atoms with Crippen LogP contribution in [0, 0.1) is 0 Å². The molecule has 0 saturated carbocycles. The van der Waals surface area contributed by atoms with E-state index in [0.29, 0.717) is 11.4 Å². The summed E-state index contributed by atoms with van der Waals surface area (Å²) in [5.41, 5.74) is 6.20. The quantitative estimate of drug-likeness (QED) is 0.747. The lowest BCUT2D eigenvalue weighted by Gasteiger charge is -2.16. The normalized spacial score (nSPS) is 11.7. The Bertz CT molecular complexity index is 926. The maximum Gasteiger partial charge on any atom is 0.270 e. The van der Waals surface area contributed by atoms with Crippen LogP contribution in [-0.4, -0.2) is 23.9 Å². The summed E-state index contributed by atoms with van der Waals surface area (Å²) < 4.78 is 5.27. The SMILES string of the molecule is COc1nc(C(=O)N[C@@H](C(N)=O)c2ccccc2)cc2ccccc12. The van der Waals surface area contributed by atoms with Crippen LogP contribution in [0.5, 0.6) is 5.88 Å². The topological polar surface area (TPSA) is 94.3 Å². The van der Waals surface area contributed by atoms with Crippen molar-refractivity contribution in [2.24, 2.45) is 5.73 Å².